The molecule has 4 saturated carbocycles. The Morgan fingerprint density at radius 1 is 1.19 bits per heavy atom. The van der Waals surface area contributed by atoms with Crippen LogP contribution in [0.1, 0.15) is 60.9 Å². The molecule has 2 aromatic rings. The molecule has 1 aliphatic heterocycles. The van der Waals surface area contributed by atoms with Crippen LogP contribution in [-0.4, -0.2) is 44.3 Å². The molecule has 7 rings (SSSR count). The van der Waals surface area contributed by atoms with Gasteiger partial charge in [-0.15, -0.1) is 12.4 Å². The van der Waals surface area contributed by atoms with Crippen LogP contribution in [0.4, 0.5) is 0 Å². The first-order valence-corrected chi connectivity index (χ1v) is 11.4. The van der Waals surface area contributed by atoms with Gasteiger partial charge in [0, 0.05) is 17.9 Å². The molecule has 3 atom stereocenters. The van der Waals surface area contributed by atoms with E-state index in [4.69, 9.17) is 0 Å². The lowest BCUT2D eigenvalue weighted by molar-refractivity contribution is -0.0744. The number of halogens is 1. The zero-order valence-electron chi connectivity index (χ0n) is 17.8. The van der Waals surface area contributed by atoms with Crippen molar-refractivity contribution in [3.63, 3.8) is 0 Å². The fourth-order valence-electron chi connectivity index (χ4n) is 7.34. The number of nitrogens with one attached hydrogen (secondary N) is 2. The quantitative estimate of drug-likeness (QED) is 0.743. The van der Waals surface area contributed by atoms with Gasteiger partial charge < -0.3 is 10.6 Å². The summed E-state index contributed by atoms with van der Waals surface area (Å²) in [6.07, 6.45) is 16.1. The summed E-state index contributed by atoms with van der Waals surface area (Å²) in [7, 11) is 0. The number of hydrogen-bond acceptors (Lipinski definition) is 5. The molecule has 0 spiro atoms. The van der Waals surface area contributed by atoms with Gasteiger partial charge in [0.1, 0.15) is 12.7 Å². The zero-order chi connectivity index (χ0) is 20.2. The lowest BCUT2D eigenvalue weighted by atomic mass is 9.50. The van der Waals surface area contributed by atoms with E-state index in [2.05, 4.69) is 30.4 Å². The third kappa shape index (κ3) is 3.76. The van der Waals surface area contributed by atoms with Gasteiger partial charge in [-0.25, -0.2) is 9.67 Å². The molecule has 1 amide bonds. The van der Waals surface area contributed by atoms with Crippen molar-refractivity contribution >= 4 is 18.3 Å². The number of aromatic nitrogens is 4. The molecule has 4 bridgehead atoms. The van der Waals surface area contributed by atoms with Crippen molar-refractivity contribution in [2.45, 2.75) is 62.4 Å². The van der Waals surface area contributed by atoms with E-state index in [-0.39, 0.29) is 29.4 Å². The number of amides is 1. The van der Waals surface area contributed by atoms with E-state index in [0.29, 0.717) is 23.3 Å². The molecule has 0 radical (unpaired) electrons. The molecular formula is C23H31ClN6O. The smallest absolute Gasteiger partial charge is 0.253 e. The molecule has 31 heavy (non-hydrogen) atoms. The summed E-state index contributed by atoms with van der Waals surface area (Å²) in [6.45, 7) is 2.16. The van der Waals surface area contributed by atoms with Gasteiger partial charge >= 0.3 is 0 Å². The first kappa shape index (κ1) is 20.9. The van der Waals surface area contributed by atoms with Gasteiger partial charge in [0.15, 0.2) is 0 Å². The molecule has 5 fully saturated rings. The normalized spacial score (nSPS) is 35.7. The fourth-order valence-corrected chi connectivity index (χ4v) is 7.34. The molecule has 3 heterocycles. The monoisotopic (exact) mass is 442 g/mol. The van der Waals surface area contributed by atoms with Gasteiger partial charge in [0.05, 0.1) is 11.1 Å². The SMILES string of the molecule is Cl.O=C(NC12CC3CC(C1)CC(n1cncn1)(C3)C2)c1cncc(CC2CCNC2)c1. The molecule has 0 aromatic carbocycles. The third-order valence-corrected chi connectivity index (χ3v) is 8.06. The molecule has 2 N–H and O–H groups in total. The second kappa shape index (κ2) is 7.85. The molecule has 3 unspecified atom stereocenters. The van der Waals surface area contributed by atoms with E-state index in [1.165, 1.54) is 18.4 Å². The van der Waals surface area contributed by atoms with Gasteiger partial charge in [0.25, 0.3) is 5.91 Å². The summed E-state index contributed by atoms with van der Waals surface area (Å²) in [4.78, 5) is 21.9. The summed E-state index contributed by atoms with van der Waals surface area (Å²) >= 11 is 0. The number of pyridine rings is 1. The Hall–Kier alpha value is -1.99. The maximum atomic E-state index is 13.3. The highest BCUT2D eigenvalue weighted by atomic mass is 35.5. The van der Waals surface area contributed by atoms with Crippen LogP contribution in [0.5, 0.6) is 0 Å². The molecule has 7 nitrogen and oxygen atoms in total. The van der Waals surface area contributed by atoms with Crippen molar-refractivity contribution in [3.8, 4) is 0 Å². The first-order valence-electron chi connectivity index (χ1n) is 11.4. The van der Waals surface area contributed by atoms with Gasteiger partial charge in [-0.05, 0) is 93.8 Å². The van der Waals surface area contributed by atoms with Crippen LogP contribution in [0.25, 0.3) is 0 Å². The van der Waals surface area contributed by atoms with Crippen molar-refractivity contribution in [2.24, 2.45) is 17.8 Å². The van der Waals surface area contributed by atoms with Crippen LogP contribution in [0.3, 0.4) is 0 Å². The summed E-state index contributed by atoms with van der Waals surface area (Å²) in [5, 5.41) is 11.4. The molecular weight excluding hydrogens is 412 g/mol. The van der Waals surface area contributed by atoms with Crippen molar-refractivity contribution < 1.29 is 4.79 Å². The van der Waals surface area contributed by atoms with Crippen molar-refractivity contribution in [3.05, 3.63) is 42.2 Å². The van der Waals surface area contributed by atoms with Crippen LogP contribution in [0, 0.1) is 17.8 Å². The third-order valence-electron chi connectivity index (χ3n) is 8.06. The summed E-state index contributed by atoms with van der Waals surface area (Å²) in [5.41, 5.74) is 1.76. The molecule has 2 aromatic heterocycles. The summed E-state index contributed by atoms with van der Waals surface area (Å²) < 4.78 is 2.09. The van der Waals surface area contributed by atoms with Gasteiger partial charge in [-0.3, -0.25) is 9.78 Å². The predicted octanol–water partition coefficient (Wildman–Crippen LogP) is 2.72. The van der Waals surface area contributed by atoms with Crippen molar-refractivity contribution in [2.75, 3.05) is 13.1 Å². The average molecular weight is 443 g/mol. The van der Waals surface area contributed by atoms with Gasteiger partial charge in [-0.1, -0.05) is 0 Å². The van der Waals surface area contributed by atoms with Crippen LogP contribution in [-0.2, 0) is 12.0 Å². The highest BCUT2D eigenvalue weighted by Crippen LogP contribution is 2.60. The highest BCUT2D eigenvalue weighted by molar-refractivity contribution is 5.94. The molecule has 1 saturated heterocycles. The van der Waals surface area contributed by atoms with Crippen molar-refractivity contribution in [1.29, 1.82) is 0 Å². The molecule has 166 valence electrons. The first-order chi connectivity index (χ1) is 14.6. The zero-order valence-corrected chi connectivity index (χ0v) is 18.6. The highest BCUT2D eigenvalue weighted by Gasteiger charge is 2.59. The maximum absolute atomic E-state index is 13.3. The van der Waals surface area contributed by atoms with E-state index in [1.807, 2.05) is 18.6 Å². The lowest BCUT2D eigenvalue weighted by Crippen LogP contribution is -2.65. The minimum atomic E-state index is -0.126. The summed E-state index contributed by atoms with van der Waals surface area (Å²) in [6, 6.07) is 2.05. The Morgan fingerprint density at radius 2 is 2.03 bits per heavy atom. The largest absolute Gasteiger partial charge is 0.346 e. The minimum absolute atomic E-state index is 0. The van der Waals surface area contributed by atoms with E-state index in [0.717, 1.165) is 51.6 Å². The fraction of sp³-hybridized carbons (Fsp3) is 0.652. The van der Waals surface area contributed by atoms with Crippen LogP contribution < -0.4 is 10.6 Å². The number of carbonyl (C=O) groups is 1. The molecule has 8 heteroatoms. The Kier molecular flexibility index (Phi) is 5.29. The summed E-state index contributed by atoms with van der Waals surface area (Å²) in [5.74, 6) is 2.01. The van der Waals surface area contributed by atoms with Crippen LogP contribution in [0.15, 0.2) is 31.1 Å². The van der Waals surface area contributed by atoms with E-state index < -0.39 is 0 Å². The van der Waals surface area contributed by atoms with Gasteiger partial charge in [-0.2, -0.15) is 5.10 Å². The van der Waals surface area contributed by atoms with E-state index in [1.54, 1.807) is 12.5 Å². The number of hydrogen-bond donors (Lipinski definition) is 2. The minimum Gasteiger partial charge on any atom is -0.346 e. The maximum Gasteiger partial charge on any atom is 0.253 e. The Labute approximate surface area is 189 Å². The molecule has 5 aliphatic rings. The molecule has 4 aliphatic carbocycles. The number of rotatable bonds is 5. The number of carbonyl (C=O) groups excluding carboxylic acids is 1. The second-order valence-electron chi connectivity index (χ2n) is 10.4. The van der Waals surface area contributed by atoms with E-state index in [9.17, 15) is 4.79 Å². The van der Waals surface area contributed by atoms with Crippen molar-refractivity contribution in [1.82, 2.24) is 30.4 Å². The average Bonchev–Trinajstić information content (AvgIpc) is 3.41. The Balaban J connectivity index is 0.00000204. The Morgan fingerprint density at radius 3 is 2.74 bits per heavy atom. The predicted molar refractivity (Wildman–Crippen MR) is 119 cm³/mol. The van der Waals surface area contributed by atoms with Gasteiger partial charge in [0.2, 0.25) is 0 Å². The standard InChI is InChI=1S/C23H30N6O.ClH/c30-21(20-5-17(11-25-12-20)3-16-1-2-24-10-16)28-22-6-18-4-19(7-22)9-23(8-18,13-22)29-15-26-14-27-29;/h5,11-12,14-16,18-19,24H,1-4,6-10,13H2,(H,28,30);1H. The van der Waals surface area contributed by atoms with E-state index >= 15 is 0 Å². The Bertz CT molecular complexity index is 927. The van der Waals surface area contributed by atoms with Crippen LogP contribution >= 0.6 is 12.4 Å². The van der Waals surface area contributed by atoms with Crippen LogP contribution in [0.2, 0.25) is 0 Å². The second-order valence-corrected chi connectivity index (χ2v) is 10.4. The lowest BCUT2D eigenvalue weighted by Gasteiger charge is -2.61. The topological polar surface area (TPSA) is 84.7 Å². The number of nitrogens with zero attached hydrogens (tertiary/aromatic N) is 4.